The fourth-order valence-electron chi connectivity index (χ4n) is 3.47. The Kier molecular flexibility index (Phi) is 5.81. The van der Waals surface area contributed by atoms with Gasteiger partial charge in [0.05, 0.1) is 12.2 Å². The maximum Gasteiger partial charge on any atom is 0.315 e. The van der Waals surface area contributed by atoms with Gasteiger partial charge in [-0.25, -0.2) is 4.79 Å². The van der Waals surface area contributed by atoms with Crippen LogP contribution in [0.15, 0.2) is 36.5 Å². The molecule has 2 atom stereocenters. The number of nitrogens with zero attached hydrogens (tertiary/aromatic N) is 2. The van der Waals surface area contributed by atoms with Crippen molar-refractivity contribution in [3.63, 3.8) is 0 Å². The summed E-state index contributed by atoms with van der Waals surface area (Å²) in [5.74, 6) is 0.398. The first-order valence-electron chi connectivity index (χ1n) is 9.41. The smallest absolute Gasteiger partial charge is 0.315 e. The number of benzene rings is 1. The molecule has 2 aromatic rings. The standard InChI is InChI=1S/C20H29N5O/c1-14(2)18(23-15-8-5-4-6-9-15)13-21-20(26)24-17-10-7-11-19-16(17)12-22-25(19)3/h4-6,8-9,12,14,17-18,23H,7,10-11,13H2,1-3H3,(H2,21,24,26)/t17-,18-/m0/s1. The molecule has 0 saturated carbocycles. The topological polar surface area (TPSA) is 71.0 Å². The van der Waals surface area contributed by atoms with Crippen LogP contribution < -0.4 is 16.0 Å². The van der Waals surface area contributed by atoms with Gasteiger partial charge < -0.3 is 16.0 Å². The number of carbonyl (C=O) groups excluding carboxylic acids is 1. The van der Waals surface area contributed by atoms with Crippen LogP contribution in [0.1, 0.15) is 44.0 Å². The van der Waals surface area contributed by atoms with Gasteiger partial charge in [0.2, 0.25) is 0 Å². The zero-order chi connectivity index (χ0) is 18.5. The van der Waals surface area contributed by atoms with E-state index in [2.05, 4.69) is 34.9 Å². The molecule has 0 fully saturated rings. The first-order chi connectivity index (χ1) is 12.5. The molecule has 1 aliphatic rings. The van der Waals surface area contributed by atoms with E-state index in [4.69, 9.17) is 0 Å². The Balaban J connectivity index is 1.54. The molecule has 26 heavy (non-hydrogen) atoms. The SMILES string of the molecule is CC(C)[C@H](CNC(=O)N[C@H]1CCCc2c1cnn2C)Nc1ccccc1. The number of hydrogen-bond donors (Lipinski definition) is 3. The number of fused-ring (bicyclic) bond motifs is 1. The van der Waals surface area contributed by atoms with Crippen molar-refractivity contribution >= 4 is 11.7 Å². The summed E-state index contributed by atoms with van der Waals surface area (Å²) in [5, 5.41) is 14.0. The molecule has 1 aliphatic carbocycles. The Morgan fingerprint density at radius 3 is 2.81 bits per heavy atom. The predicted molar refractivity (Wildman–Crippen MR) is 104 cm³/mol. The number of rotatable bonds is 6. The highest BCUT2D eigenvalue weighted by atomic mass is 16.2. The number of aromatic nitrogens is 2. The summed E-state index contributed by atoms with van der Waals surface area (Å²) in [5.41, 5.74) is 3.45. The molecule has 0 aliphatic heterocycles. The predicted octanol–water partition coefficient (Wildman–Crippen LogP) is 3.23. The Morgan fingerprint density at radius 1 is 1.31 bits per heavy atom. The quantitative estimate of drug-likeness (QED) is 0.745. The van der Waals surface area contributed by atoms with Gasteiger partial charge in [-0.05, 0) is 37.3 Å². The van der Waals surface area contributed by atoms with Crippen molar-refractivity contribution < 1.29 is 4.79 Å². The molecule has 2 amide bonds. The zero-order valence-corrected chi connectivity index (χ0v) is 15.8. The van der Waals surface area contributed by atoms with E-state index in [1.807, 2.05) is 48.3 Å². The summed E-state index contributed by atoms with van der Waals surface area (Å²) in [4.78, 5) is 12.4. The van der Waals surface area contributed by atoms with Crippen LogP contribution in [0.4, 0.5) is 10.5 Å². The van der Waals surface area contributed by atoms with Crippen molar-refractivity contribution in [2.75, 3.05) is 11.9 Å². The average molecular weight is 355 g/mol. The highest BCUT2D eigenvalue weighted by molar-refractivity contribution is 5.74. The van der Waals surface area contributed by atoms with Crippen LogP contribution in [0.2, 0.25) is 0 Å². The first kappa shape index (κ1) is 18.3. The molecule has 0 radical (unpaired) electrons. The maximum atomic E-state index is 12.4. The van der Waals surface area contributed by atoms with Crippen molar-refractivity contribution in [1.82, 2.24) is 20.4 Å². The van der Waals surface area contributed by atoms with Crippen molar-refractivity contribution in [3.05, 3.63) is 47.8 Å². The molecule has 3 N–H and O–H groups in total. The number of carbonyl (C=O) groups is 1. The molecule has 0 unspecified atom stereocenters. The van der Waals surface area contributed by atoms with Crippen LogP contribution in [0, 0.1) is 5.92 Å². The van der Waals surface area contributed by atoms with Gasteiger partial charge in [0.25, 0.3) is 0 Å². The molecule has 1 heterocycles. The average Bonchev–Trinajstić information content (AvgIpc) is 3.01. The van der Waals surface area contributed by atoms with E-state index < -0.39 is 0 Å². The van der Waals surface area contributed by atoms with Gasteiger partial charge in [-0.15, -0.1) is 0 Å². The minimum absolute atomic E-state index is 0.0482. The van der Waals surface area contributed by atoms with Crippen LogP contribution in [0.5, 0.6) is 0 Å². The van der Waals surface area contributed by atoms with Crippen LogP contribution in [-0.4, -0.2) is 28.4 Å². The molecule has 1 aromatic carbocycles. The Hall–Kier alpha value is -2.50. The second kappa shape index (κ2) is 8.25. The van der Waals surface area contributed by atoms with E-state index >= 15 is 0 Å². The van der Waals surface area contributed by atoms with Gasteiger partial charge in [0, 0.05) is 36.6 Å². The maximum absolute atomic E-state index is 12.4. The monoisotopic (exact) mass is 355 g/mol. The first-order valence-corrected chi connectivity index (χ1v) is 9.41. The summed E-state index contributed by atoms with van der Waals surface area (Å²) in [6.45, 7) is 4.89. The van der Waals surface area contributed by atoms with Crippen molar-refractivity contribution in [2.24, 2.45) is 13.0 Å². The van der Waals surface area contributed by atoms with Crippen LogP contribution in [0.25, 0.3) is 0 Å². The minimum atomic E-state index is -0.118. The fourth-order valence-corrected chi connectivity index (χ4v) is 3.47. The molecule has 0 saturated heterocycles. The van der Waals surface area contributed by atoms with Crippen molar-refractivity contribution in [3.8, 4) is 0 Å². The number of amides is 2. The summed E-state index contributed by atoms with van der Waals surface area (Å²) in [6, 6.07) is 10.2. The zero-order valence-electron chi connectivity index (χ0n) is 15.8. The number of para-hydroxylation sites is 1. The second-order valence-electron chi connectivity index (χ2n) is 7.33. The van der Waals surface area contributed by atoms with E-state index in [0.29, 0.717) is 12.5 Å². The van der Waals surface area contributed by atoms with Gasteiger partial charge in [0.15, 0.2) is 0 Å². The van der Waals surface area contributed by atoms with Gasteiger partial charge in [-0.1, -0.05) is 32.0 Å². The summed E-state index contributed by atoms with van der Waals surface area (Å²) in [7, 11) is 1.96. The second-order valence-corrected chi connectivity index (χ2v) is 7.33. The van der Waals surface area contributed by atoms with E-state index in [-0.39, 0.29) is 18.1 Å². The van der Waals surface area contributed by atoms with Gasteiger partial charge >= 0.3 is 6.03 Å². The van der Waals surface area contributed by atoms with Gasteiger partial charge in [-0.3, -0.25) is 4.68 Å². The third kappa shape index (κ3) is 4.36. The summed E-state index contributed by atoms with van der Waals surface area (Å²) in [6.07, 6.45) is 4.94. The normalized spacial score (nSPS) is 17.5. The van der Waals surface area contributed by atoms with Crippen molar-refractivity contribution in [1.29, 1.82) is 0 Å². The van der Waals surface area contributed by atoms with Crippen LogP contribution in [0.3, 0.4) is 0 Å². The lowest BCUT2D eigenvalue weighted by molar-refractivity contribution is 0.234. The number of nitrogens with one attached hydrogen (secondary N) is 3. The summed E-state index contributed by atoms with van der Waals surface area (Å²) < 4.78 is 1.92. The van der Waals surface area contributed by atoms with E-state index in [0.717, 1.165) is 30.5 Å². The largest absolute Gasteiger partial charge is 0.380 e. The molecular weight excluding hydrogens is 326 g/mol. The van der Waals surface area contributed by atoms with E-state index in [1.165, 1.54) is 5.69 Å². The molecule has 3 rings (SSSR count). The highest BCUT2D eigenvalue weighted by Gasteiger charge is 2.25. The lowest BCUT2D eigenvalue weighted by Gasteiger charge is -2.26. The highest BCUT2D eigenvalue weighted by Crippen LogP contribution is 2.28. The Labute approximate surface area is 155 Å². The third-order valence-corrected chi connectivity index (χ3v) is 5.09. The van der Waals surface area contributed by atoms with Crippen molar-refractivity contribution in [2.45, 2.75) is 45.2 Å². The van der Waals surface area contributed by atoms with Gasteiger partial charge in [-0.2, -0.15) is 5.10 Å². The van der Waals surface area contributed by atoms with E-state index in [1.54, 1.807) is 0 Å². The molecule has 6 heteroatoms. The van der Waals surface area contributed by atoms with E-state index in [9.17, 15) is 4.79 Å². The molecule has 140 valence electrons. The Bertz CT molecular complexity index is 725. The summed E-state index contributed by atoms with van der Waals surface area (Å²) >= 11 is 0. The lowest BCUT2D eigenvalue weighted by atomic mass is 9.93. The molecule has 0 spiro atoms. The molecular formula is C20H29N5O. The lowest BCUT2D eigenvalue weighted by Crippen LogP contribution is -2.45. The molecule has 6 nitrogen and oxygen atoms in total. The van der Waals surface area contributed by atoms with Gasteiger partial charge in [0.1, 0.15) is 0 Å². The minimum Gasteiger partial charge on any atom is -0.380 e. The number of hydrogen-bond acceptors (Lipinski definition) is 3. The number of urea groups is 1. The van der Waals surface area contributed by atoms with Crippen LogP contribution >= 0.6 is 0 Å². The molecule has 0 bridgehead atoms. The molecule has 1 aromatic heterocycles. The third-order valence-electron chi connectivity index (χ3n) is 5.09. The number of anilines is 1. The fraction of sp³-hybridized carbons (Fsp3) is 0.500. The number of aryl methyl sites for hydroxylation is 1. The van der Waals surface area contributed by atoms with Crippen LogP contribution in [-0.2, 0) is 13.5 Å². The Morgan fingerprint density at radius 2 is 2.08 bits per heavy atom.